The Labute approximate surface area is 110 Å². The van der Waals surface area contributed by atoms with Crippen LogP contribution in [0.3, 0.4) is 0 Å². The van der Waals surface area contributed by atoms with Gasteiger partial charge in [0, 0.05) is 12.6 Å². The smallest absolute Gasteiger partial charge is 0.0294 e. The van der Waals surface area contributed by atoms with Crippen LogP contribution in [0.25, 0.3) is 0 Å². The summed E-state index contributed by atoms with van der Waals surface area (Å²) in [6.45, 7) is 5.31. The minimum absolute atomic E-state index is 0.385. The summed E-state index contributed by atoms with van der Waals surface area (Å²) < 4.78 is 0. The molecule has 0 aliphatic carbocycles. The first-order valence-corrected chi connectivity index (χ1v) is 6.65. The van der Waals surface area contributed by atoms with Crippen molar-refractivity contribution in [1.82, 2.24) is 5.32 Å². The maximum Gasteiger partial charge on any atom is 0.0294 e. The predicted molar refractivity (Wildman–Crippen MR) is 77.5 cm³/mol. The third kappa shape index (κ3) is 3.44. The molecule has 0 aromatic heterocycles. The highest BCUT2D eigenvalue weighted by Crippen LogP contribution is 2.14. The van der Waals surface area contributed by atoms with Crippen molar-refractivity contribution in [2.24, 2.45) is 0 Å². The zero-order chi connectivity index (χ0) is 12.8. The summed E-state index contributed by atoms with van der Waals surface area (Å²) in [5.41, 5.74) is 4.08. The van der Waals surface area contributed by atoms with Crippen molar-refractivity contribution in [1.29, 1.82) is 0 Å². The lowest BCUT2D eigenvalue weighted by molar-refractivity contribution is 0.574. The molecule has 0 fully saturated rings. The molecule has 0 heterocycles. The highest BCUT2D eigenvalue weighted by Gasteiger charge is 2.04. The molecule has 0 aliphatic rings. The number of rotatable bonds is 5. The van der Waals surface area contributed by atoms with E-state index in [9.17, 15) is 0 Å². The van der Waals surface area contributed by atoms with E-state index in [1.165, 1.54) is 16.7 Å². The molecule has 1 nitrogen and oxygen atoms in total. The predicted octanol–water partition coefficient (Wildman–Crippen LogP) is 4.10. The fourth-order valence-corrected chi connectivity index (χ4v) is 2.03. The number of hydrogen-bond donors (Lipinski definition) is 1. The summed E-state index contributed by atoms with van der Waals surface area (Å²) in [7, 11) is 0. The summed E-state index contributed by atoms with van der Waals surface area (Å²) in [4.78, 5) is 0. The summed E-state index contributed by atoms with van der Waals surface area (Å²) >= 11 is 0. The lowest BCUT2D eigenvalue weighted by Gasteiger charge is -2.14. The van der Waals surface area contributed by atoms with Crippen LogP contribution < -0.4 is 5.32 Å². The molecule has 0 amide bonds. The minimum Gasteiger partial charge on any atom is -0.306 e. The van der Waals surface area contributed by atoms with E-state index in [1.54, 1.807) is 0 Å². The standard InChI is InChI=1S/C17H21N/c1-3-15-9-11-17(12-10-15)14(2)18-13-16-7-5-4-6-8-16/h4-12,14,18H,3,13H2,1-2H3. The van der Waals surface area contributed by atoms with Gasteiger partial charge < -0.3 is 5.32 Å². The third-order valence-electron chi connectivity index (χ3n) is 3.34. The van der Waals surface area contributed by atoms with E-state index < -0.39 is 0 Å². The molecule has 0 saturated heterocycles. The largest absolute Gasteiger partial charge is 0.306 e. The Balaban J connectivity index is 1.93. The normalized spacial score (nSPS) is 12.3. The van der Waals surface area contributed by atoms with E-state index in [0.717, 1.165) is 13.0 Å². The monoisotopic (exact) mass is 239 g/mol. The Hall–Kier alpha value is -1.60. The van der Waals surface area contributed by atoms with Gasteiger partial charge in [-0.15, -0.1) is 0 Å². The average Bonchev–Trinajstić information content (AvgIpc) is 2.46. The molecule has 0 saturated carbocycles. The van der Waals surface area contributed by atoms with Crippen molar-refractivity contribution in [3.05, 3.63) is 71.3 Å². The van der Waals surface area contributed by atoms with Gasteiger partial charge in [-0.2, -0.15) is 0 Å². The van der Waals surface area contributed by atoms with Crippen molar-refractivity contribution in [2.45, 2.75) is 32.9 Å². The Morgan fingerprint density at radius 1 is 0.889 bits per heavy atom. The topological polar surface area (TPSA) is 12.0 Å². The Morgan fingerprint density at radius 3 is 2.17 bits per heavy atom. The van der Waals surface area contributed by atoms with E-state index >= 15 is 0 Å². The Kier molecular flexibility index (Phi) is 4.54. The van der Waals surface area contributed by atoms with E-state index in [0.29, 0.717) is 6.04 Å². The van der Waals surface area contributed by atoms with Gasteiger partial charge in [-0.3, -0.25) is 0 Å². The number of aryl methyl sites for hydroxylation is 1. The highest BCUT2D eigenvalue weighted by atomic mass is 14.9. The van der Waals surface area contributed by atoms with Crippen molar-refractivity contribution < 1.29 is 0 Å². The number of hydrogen-bond acceptors (Lipinski definition) is 1. The van der Waals surface area contributed by atoms with Crippen LogP contribution in [0, 0.1) is 0 Å². The lowest BCUT2D eigenvalue weighted by atomic mass is 10.0. The fourth-order valence-electron chi connectivity index (χ4n) is 2.03. The van der Waals surface area contributed by atoms with Gasteiger partial charge in [0.05, 0.1) is 0 Å². The fraction of sp³-hybridized carbons (Fsp3) is 0.294. The average molecular weight is 239 g/mol. The molecule has 2 rings (SSSR count). The molecular formula is C17H21N. The van der Waals surface area contributed by atoms with Gasteiger partial charge in [-0.05, 0) is 30.0 Å². The molecule has 0 bridgehead atoms. The maximum absolute atomic E-state index is 3.55. The zero-order valence-corrected chi connectivity index (χ0v) is 11.2. The van der Waals surface area contributed by atoms with Crippen molar-refractivity contribution in [3.8, 4) is 0 Å². The van der Waals surface area contributed by atoms with E-state index in [1.807, 2.05) is 0 Å². The summed E-state index contributed by atoms with van der Waals surface area (Å²) in [6.07, 6.45) is 1.10. The second-order valence-corrected chi connectivity index (χ2v) is 4.68. The molecule has 1 heteroatoms. The van der Waals surface area contributed by atoms with Gasteiger partial charge in [-0.1, -0.05) is 61.5 Å². The van der Waals surface area contributed by atoms with Gasteiger partial charge in [0.25, 0.3) is 0 Å². The van der Waals surface area contributed by atoms with Crippen LogP contribution in [-0.4, -0.2) is 0 Å². The Bertz CT molecular complexity index is 459. The van der Waals surface area contributed by atoms with Crippen LogP contribution in [0.1, 0.15) is 36.6 Å². The first-order chi connectivity index (χ1) is 8.79. The van der Waals surface area contributed by atoms with Gasteiger partial charge in [0.2, 0.25) is 0 Å². The van der Waals surface area contributed by atoms with Gasteiger partial charge in [0.15, 0.2) is 0 Å². The van der Waals surface area contributed by atoms with Crippen LogP contribution in [0.4, 0.5) is 0 Å². The van der Waals surface area contributed by atoms with Crippen molar-refractivity contribution >= 4 is 0 Å². The number of benzene rings is 2. The second kappa shape index (κ2) is 6.36. The maximum atomic E-state index is 3.55. The van der Waals surface area contributed by atoms with E-state index in [2.05, 4.69) is 73.8 Å². The SMILES string of the molecule is CCc1ccc(C(C)NCc2ccccc2)cc1. The van der Waals surface area contributed by atoms with Crippen LogP contribution in [0.5, 0.6) is 0 Å². The third-order valence-corrected chi connectivity index (χ3v) is 3.34. The van der Waals surface area contributed by atoms with Crippen molar-refractivity contribution in [2.75, 3.05) is 0 Å². The first kappa shape index (κ1) is 12.8. The second-order valence-electron chi connectivity index (χ2n) is 4.68. The Morgan fingerprint density at radius 2 is 1.56 bits per heavy atom. The van der Waals surface area contributed by atoms with Crippen LogP contribution >= 0.6 is 0 Å². The summed E-state index contributed by atoms with van der Waals surface area (Å²) in [5.74, 6) is 0. The molecule has 18 heavy (non-hydrogen) atoms. The molecule has 2 aromatic rings. The molecule has 94 valence electrons. The number of nitrogens with one attached hydrogen (secondary N) is 1. The molecule has 1 N–H and O–H groups in total. The quantitative estimate of drug-likeness (QED) is 0.828. The minimum atomic E-state index is 0.385. The molecule has 0 radical (unpaired) electrons. The molecule has 0 aliphatic heterocycles. The molecular weight excluding hydrogens is 218 g/mol. The summed E-state index contributed by atoms with van der Waals surface area (Å²) in [5, 5.41) is 3.55. The van der Waals surface area contributed by atoms with Gasteiger partial charge in [0.1, 0.15) is 0 Å². The van der Waals surface area contributed by atoms with Gasteiger partial charge >= 0.3 is 0 Å². The van der Waals surface area contributed by atoms with Crippen molar-refractivity contribution in [3.63, 3.8) is 0 Å². The lowest BCUT2D eigenvalue weighted by Crippen LogP contribution is -2.17. The van der Waals surface area contributed by atoms with Crippen LogP contribution in [0.15, 0.2) is 54.6 Å². The summed E-state index contributed by atoms with van der Waals surface area (Å²) in [6, 6.07) is 19.8. The molecule has 1 atom stereocenters. The van der Waals surface area contributed by atoms with E-state index in [4.69, 9.17) is 0 Å². The van der Waals surface area contributed by atoms with Crippen LogP contribution in [0.2, 0.25) is 0 Å². The molecule has 0 spiro atoms. The molecule has 1 unspecified atom stereocenters. The highest BCUT2D eigenvalue weighted by molar-refractivity contribution is 5.25. The first-order valence-electron chi connectivity index (χ1n) is 6.65. The molecule has 2 aromatic carbocycles. The van der Waals surface area contributed by atoms with Gasteiger partial charge in [-0.25, -0.2) is 0 Å². The zero-order valence-electron chi connectivity index (χ0n) is 11.2. The van der Waals surface area contributed by atoms with Crippen LogP contribution in [-0.2, 0) is 13.0 Å². The van der Waals surface area contributed by atoms with E-state index in [-0.39, 0.29) is 0 Å².